The third-order valence-corrected chi connectivity index (χ3v) is 6.42. The predicted molar refractivity (Wildman–Crippen MR) is 138 cm³/mol. The topological polar surface area (TPSA) is 87.9 Å². The van der Waals surface area contributed by atoms with Gasteiger partial charge in [0.15, 0.2) is 12.4 Å². The van der Waals surface area contributed by atoms with Crippen LogP contribution in [0.15, 0.2) is 24.4 Å². The summed E-state index contributed by atoms with van der Waals surface area (Å²) in [5.74, 6) is 0.510. The van der Waals surface area contributed by atoms with E-state index in [4.69, 9.17) is 18.9 Å². The molecule has 39 heavy (non-hydrogen) atoms. The minimum atomic E-state index is -4.54. The quantitative estimate of drug-likeness (QED) is 0.349. The van der Waals surface area contributed by atoms with E-state index in [0.29, 0.717) is 46.7 Å². The first-order valence-corrected chi connectivity index (χ1v) is 12.6. The van der Waals surface area contributed by atoms with E-state index in [-0.39, 0.29) is 24.7 Å². The Morgan fingerprint density at radius 3 is 2.49 bits per heavy atom. The summed E-state index contributed by atoms with van der Waals surface area (Å²) < 4.78 is 64.0. The van der Waals surface area contributed by atoms with E-state index in [1.807, 2.05) is 31.5 Å². The number of halogens is 3. The third-order valence-electron chi connectivity index (χ3n) is 6.42. The van der Waals surface area contributed by atoms with Crippen LogP contribution in [0.5, 0.6) is 11.5 Å². The standard InChI is InChI=1S/C27H33F3N4O5/c1-16-10-17(27(28,29)30)11-21(38-15-36-5)23(16)20-12-19-22(37-6)14-34(24(19)32-31-20)18-8-7-9-33(13-18)25(35)39-26(2,3)4/h10-12,14,18H,7-9,13,15H2,1-6H3/t18-/m1/s1. The number of hydrogen-bond donors (Lipinski definition) is 0. The molecule has 0 N–H and O–H groups in total. The van der Waals surface area contributed by atoms with Crippen molar-refractivity contribution in [3.63, 3.8) is 0 Å². The van der Waals surface area contributed by atoms with Crippen LogP contribution in [-0.4, -0.2) is 65.5 Å². The van der Waals surface area contributed by atoms with Crippen LogP contribution in [0.25, 0.3) is 22.3 Å². The number of amides is 1. The molecule has 1 saturated heterocycles. The molecule has 2 aromatic heterocycles. The van der Waals surface area contributed by atoms with Crippen molar-refractivity contribution in [1.82, 2.24) is 19.7 Å². The smallest absolute Gasteiger partial charge is 0.416 e. The highest BCUT2D eigenvalue weighted by atomic mass is 19.4. The van der Waals surface area contributed by atoms with Gasteiger partial charge in [-0.15, -0.1) is 10.2 Å². The SMILES string of the molecule is COCOc1cc(C(F)(F)F)cc(C)c1-c1cc2c(OC)cn([C@@H]3CCCN(C(=O)OC(C)(C)C)C3)c2nn1. The maximum Gasteiger partial charge on any atom is 0.416 e. The second-order valence-corrected chi connectivity index (χ2v) is 10.5. The predicted octanol–water partition coefficient (Wildman–Crippen LogP) is 5.99. The van der Waals surface area contributed by atoms with Crippen LogP contribution in [0, 0.1) is 6.92 Å². The van der Waals surface area contributed by atoms with Crippen LogP contribution in [0.1, 0.15) is 50.8 Å². The van der Waals surface area contributed by atoms with Crippen LogP contribution in [-0.2, 0) is 15.7 Å². The van der Waals surface area contributed by atoms with Crippen molar-refractivity contribution in [3.8, 4) is 22.8 Å². The number of methoxy groups -OCH3 is 2. The molecule has 0 spiro atoms. The molecule has 12 heteroatoms. The molecule has 0 radical (unpaired) electrons. The molecule has 1 aliphatic heterocycles. The molecule has 1 aromatic carbocycles. The lowest BCUT2D eigenvalue weighted by molar-refractivity contribution is -0.137. The Morgan fingerprint density at radius 2 is 1.85 bits per heavy atom. The molecule has 4 rings (SSSR count). The molecular formula is C27H33F3N4O5. The lowest BCUT2D eigenvalue weighted by Gasteiger charge is -2.34. The first-order chi connectivity index (χ1) is 18.3. The summed E-state index contributed by atoms with van der Waals surface area (Å²) in [6, 6.07) is 3.62. The molecule has 0 unspecified atom stereocenters. The highest BCUT2D eigenvalue weighted by Gasteiger charge is 2.33. The third kappa shape index (κ3) is 6.21. The fraction of sp³-hybridized carbons (Fsp3) is 0.519. The van der Waals surface area contributed by atoms with Gasteiger partial charge in [0.2, 0.25) is 0 Å². The van der Waals surface area contributed by atoms with Gasteiger partial charge in [-0.2, -0.15) is 13.2 Å². The van der Waals surface area contributed by atoms with Gasteiger partial charge in [0.1, 0.15) is 17.1 Å². The van der Waals surface area contributed by atoms with Gasteiger partial charge in [-0.3, -0.25) is 0 Å². The van der Waals surface area contributed by atoms with Crippen molar-refractivity contribution in [2.24, 2.45) is 0 Å². The van der Waals surface area contributed by atoms with Crippen LogP contribution in [0.4, 0.5) is 18.0 Å². The number of rotatable bonds is 6. The zero-order valence-electron chi connectivity index (χ0n) is 22.9. The zero-order valence-corrected chi connectivity index (χ0v) is 22.9. The normalized spacial score (nSPS) is 16.4. The molecule has 212 valence electrons. The molecule has 9 nitrogen and oxygen atoms in total. The molecular weight excluding hydrogens is 517 g/mol. The number of carbonyl (C=O) groups is 1. The summed E-state index contributed by atoms with van der Waals surface area (Å²) >= 11 is 0. The highest BCUT2D eigenvalue weighted by Crippen LogP contribution is 2.41. The van der Waals surface area contributed by atoms with Gasteiger partial charge in [-0.1, -0.05) is 0 Å². The number of likely N-dealkylation sites (tertiary alicyclic amines) is 1. The van der Waals surface area contributed by atoms with Gasteiger partial charge in [0, 0.05) is 32.0 Å². The van der Waals surface area contributed by atoms with E-state index < -0.39 is 17.3 Å². The van der Waals surface area contributed by atoms with Crippen molar-refractivity contribution in [2.45, 2.75) is 58.4 Å². The van der Waals surface area contributed by atoms with E-state index in [9.17, 15) is 18.0 Å². The Bertz CT molecular complexity index is 1350. The number of hydrogen-bond acceptors (Lipinski definition) is 7. The summed E-state index contributed by atoms with van der Waals surface area (Å²) in [5, 5.41) is 9.46. The second kappa shape index (κ2) is 10.9. The minimum Gasteiger partial charge on any atom is -0.494 e. The van der Waals surface area contributed by atoms with Gasteiger partial charge in [0.05, 0.1) is 29.8 Å². The number of aromatic nitrogens is 3. The van der Waals surface area contributed by atoms with Crippen LogP contribution < -0.4 is 9.47 Å². The monoisotopic (exact) mass is 550 g/mol. The average Bonchev–Trinajstić information content (AvgIpc) is 3.23. The molecule has 1 atom stereocenters. The molecule has 3 heterocycles. The number of carbonyl (C=O) groups excluding carboxylic acids is 1. The minimum absolute atomic E-state index is 0.0171. The van der Waals surface area contributed by atoms with Gasteiger partial charge in [-0.25, -0.2) is 4.79 Å². The summed E-state index contributed by atoms with van der Waals surface area (Å²) in [5.41, 5.74) is 0.128. The molecule has 3 aromatic rings. The van der Waals surface area contributed by atoms with Gasteiger partial charge >= 0.3 is 12.3 Å². The summed E-state index contributed by atoms with van der Waals surface area (Å²) in [6.45, 7) is 7.83. The van der Waals surface area contributed by atoms with E-state index in [1.54, 1.807) is 17.9 Å². The van der Waals surface area contributed by atoms with E-state index in [1.165, 1.54) is 14.2 Å². The molecule has 1 amide bonds. The van der Waals surface area contributed by atoms with Crippen molar-refractivity contribution in [2.75, 3.05) is 34.1 Å². The van der Waals surface area contributed by atoms with Crippen molar-refractivity contribution < 1.29 is 36.9 Å². The fourth-order valence-electron chi connectivity index (χ4n) is 4.73. The maximum absolute atomic E-state index is 13.5. The number of piperidine rings is 1. The van der Waals surface area contributed by atoms with Gasteiger partial charge < -0.3 is 28.4 Å². The van der Waals surface area contributed by atoms with E-state index in [2.05, 4.69) is 10.2 Å². The second-order valence-electron chi connectivity index (χ2n) is 10.5. The maximum atomic E-state index is 13.5. The number of fused-ring (bicyclic) bond motifs is 1. The Labute approximate surface area is 224 Å². The number of benzene rings is 1. The zero-order chi connectivity index (χ0) is 28.5. The van der Waals surface area contributed by atoms with Crippen LogP contribution >= 0.6 is 0 Å². The Hall–Kier alpha value is -3.54. The molecule has 1 aliphatic rings. The average molecular weight is 551 g/mol. The first kappa shape index (κ1) is 28.5. The summed E-state index contributed by atoms with van der Waals surface area (Å²) in [6.07, 6.45) is -1.51. The van der Waals surface area contributed by atoms with Gasteiger partial charge in [0.25, 0.3) is 0 Å². The molecule has 0 bridgehead atoms. The first-order valence-electron chi connectivity index (χ1n) is 12.6. The highest BCUT2D eigenvalue weighted by molar-refractivity contribution is 5.88. The molecule has 0 aliphatic carbocycles. The van der Waals surface area contributed by atoms with Crippen molar-refractivity contribution in [1.29, 1.82) is 0 Å². The Kier molecular flexibility index (Phi) is 7.97. The van der Waals surface area contributed by atoms with E-state index >= 15 is 0 Å². The van der Waals surface area contributed by atoms with Gasteiger partial charge in [-0.05, 0) is 64.3 Å². The number of alkyl halides is 3. The fourth-order valence-corrected chi connectivity index (χ4v) is 4.73. The van der Waals surface area contributed by atoms with E-state index in [0.717, 1.165) is 25.0 Å². The van der Waals surface area contributed by atoms with Crippen molar-refractivity contribution >= 4 is 17.1 Å². The largest absolute Gasteiger partial charge is 0.494 e. The van der Waals surface area contributed by atoms with Crippen molar-refractivity contribution in [3.05, 3.63) is 35.5 Å². The van der Waals surface area contributed by atoms with Crippen LogP contribution in [0.2, 0.25) is 0 Å². The molecule has 1 fully saturated rings. The lowest BCUT2D eigenvalue weighted by atomic mass is 10.00. The summed E-state index contributed by atoms with van der Waals surface area (Å²) in [4.78, 5) is 14.4. The lowest BCUT2D eigenvalue weighted by Crippen LogP contribution is -2.43. The number of nitrogens with zero attached hydrogens (tertiary/aromatic N) is 4. The Balaban J connectivity index is 1.73. The number of ether oxygens (including phenoxy) is 4. The van der Waals surface area contributed by atoms with Crippen LogP contribution in [0.3, 0.4) is 0 Å². The summed E-state index contributed by atoms with van der Waals surface area (Å²) in [7, 11) is 2.92. The number of aryl methyl sites for hydroxylation is 1. The Morgan fingerprint density at radius 1 is 1.10 bits per heavy atom. The molecule has 0 saturated carbocycles.